The van der Waals surface area contributed by atoms with E-state index in [2.05, 4.69) is 19.9 Å². The van der Waals surface area contributed by atoms with Gasteiger partial charge < -0.3 is 18.9 Å². The number of esters is 3. The molecule has 0 bridgehead atoms. The normalized spacial score (nSPS) is 31.9. The van der Waals surface area contributed by atoms with Crippen LogP contribution in [-0.2, 0) is 30.3 Å². The number of hydrogen-bond acceptors (Lipinski definition) is 7. The Balaban J connectivity index is 1.45. The Bertz CT molecular complexity index is 1280. The van der Waals surface area contributed by atoms with Gasteiger partial charge in [0.15, 0.2) is 0 Å². The van der Waals surface area contributed by atoms with Gasteiger partial charge >= 0.3 is 17.9 Å². The van der Waals surface area contributed by atoms with E-state index >= 15 is 0 Å². The second-order valence-corrected chi connectivity index (χ2v) is 11.9. The molecule has 1 spiro atoms. The molecule has 2 saturated carbocycles. The summed E-state index contributed by atoms with van der Waals surface area (Å²) >= 11 is 0. The first kappa shape index (κ1) is 26.7. The number of hydrogen-bond donors (Lipinski definition) is 0. The van der Waals surface area contributed by atoms with Crippen molar-refractivity contribution < 1.29 is 33.3 Å². The third kappa shape index (κ3) is 4.49. The maximum absolute atomic E-state index is 13.0. The van der Waals surface area contributed by atoms with Gasteiger partial charge in [0.1, 0.15) is 11.5 Å². The first-order valence-corrected chi connectivity index (χ1v) is 13.7. The minimum Gasteiger partial charge on any atom is -0.469 e. The lowest BCUT2D eigenvalue weighted by Crippen LogP contribution is -2.57. The standard InChI is InChI=1S/C31H38O7/c1-19(32)37-24-10-11-25(38-20(2)33)23-17-21(7-9-22(23)24)8-12-27-29(3)14-6-15-30(4,28(34)35-5)26(29)13-16-31(27)18-36-31/h7,9-11,17,26-27H,6,8,12-16,18H2,1-5H3/t26?,27-,29+,30?,31+/m1/s1. The van der Waals surface area contributed by atoms with Crippen molar-refractivity contribution in [2.75, 3.05) is 13.7 Å². The molecule has 1 heterocycles. The number of carbonyl (C=O) groups excluding carboxylic acids is 3. The topological polar surface area (TPSA) is 91.4 Å². The molecule has 7 nitrogen and oxygen atoms in total. The molecule has 1 saturated heterocycles. The lowest BCUT2D eigenvalue weighted by atomic mass is 9.45. The molecule has 2 aromatic rings. The van der Waals surface area contributed by atoms with Crippen LogP contribution in [0.1, 0.15) is 71.8 Å². The van der Waals surface area contributed by atoms with Gasteiger partial charge in [-0.15, -0.1) is 0 Å². The van der Waals surface area contributed by atoms with Crippen LogP contribution in [0.4, 0.5) is 0 Å². The average molecular weight is 523 g/mol. The van der Waals surface area contributed by atoms with E-state index < -0.39 is 17.4 Å². The molecule has 2 unspecified atom stereocenters. The van der Waals surface area contributed by atoms with Crippen LogP contribution in [0.25, 0.3) is 10.8 Å². The molecule has 0 N–H and O–H groups in total. The molecular weight excluding hydrogens is 484 g/mol. The highest BCUT2D eigenvalue weighted by Gasteiger charge is 2.66. The van der Waals surface area contributed by atoms with Gasteiger partial charge in [-0.3, -0.25) is 14.4 Å². The first-order chi connectivity index (χ1) is 18.0. The van der Waals surface area contributed by atoms with Crippen molar-refractivity contribution in [2.24, 2.45) is 22.7 Å². The van der Waals surface area contributed by atoms with Crippen molar-refractivity contribution in [3.8, 4) is 11.5 Å². The lowest BCUT2D eigenvalue weighted by molar-refractivity contribution is -0.174. The summed E-state index contributed by atoms with van der Waals surface area (Å²) in [4.78, 5) is 36.3. The van der Waals surface area contributed by atoms with Crippen LogP contribution >= 0.6 is 0 Å². The zero-order chi connectivity index (χ0) is 27.3. The molecule has 0 aromatic heterocycles. The fourth-order valence-corrected chi connectivity index (χ4v) is 7.95. The van der Waals surface area contributed by atoms with Crippen LogP contribution in [0.5, 0.6) is 11.5 Å². The summed E-state index contributed by atoms with van der Waals surface area (Å²) in [5.41, 5.74) is 0.532. The molecule has 0 radical (unpaired) electrons. The van der Waals surface area contributed by atoms with Gasteiger partial charge in [-0.05, 0) is 86.5 Å². The van der Waals surface area contributed by atoms with Gasteiger partial charge in [-0.25, -0.2) is 0 Å². The van der Waals surface area contributed by atoms with Crippen molar-refractivity contribution >= 4 is 28.7 Å². The number of methoxy groups -OCH3 is 1. The fourth-order valence-electron chi connectivity index (χ4n) is 7.95. The Morgan fingerprint density at radius 2 is 1.61 bits per heavy atom. The number of fused-ring (bicyclic) bond motifs is 2. The number of ether oxygens (including phenoxy) is 4. The SMILES string of the molecule is COC(=O)C1(C)CCC[C@@]2(C)C1CC[C@]1(CO1)[C@@H]2CCc1ccc2c(OC(C)=O)ccc(OC(C)=O)c2c1. The summed E-state index contributed by atoms with van der Waals surface area (Å²) in [5.74, 6) is 0.568. The molecule has 204 valence electrons. The summed E-state index contributed by atoms with van der Waals surface area (Å²) < 4.78 is 22.3. The zero-order valence-corrected chi connectivity index (χ0v) is 23.1. The van der Waals surface area contributed by atoms with E-state index in [1.165, 1.54) is 21.0 Å². The molecule has 3 fully saturated rings. The van der Waals surface area contributed by atoms with E-state index in [1.807, 2.05) is 12.1 Å². The van der Waals surface area contributed by atoms with E-state index in [4.69, 9.17) is 18.9 Å². The van der Waals surface area contributed by atoms with Gasteiger partial charge in [0.05, 0.1) is 24.7 Å². The summed E-state index contributed by atoms with van der Waals surface area (Å²) in [6, 6.07) is 9.33. The van der Waals surface area contributed by atoms with Gasteiger partial charge in [0.2, 0.25) is 0 Å². The van der Waals surface area contributed by atoms with Gasteiger partial charge in [-0.2, -0.15) is 0 Å². The Hall–Kier alpha value is -2.93. The van der Waals surface area contributed by atoms with Gasteiger partial charge in [0.25, 0.3) is 0 Å². The maximum atomic E-state index is 13.0. The van der Waals surface area contributed by atoms with Crippen molar-refractivity contribution in [3.63, 3.8) is 0 Å². The third-order valence-corrected chi connectivity index (χ3v) is 9.66. The van der Waals surface area contributed by atoms with E-state index in [1.54, 1.807) is 12.1 Å². The number of epoxide rings is 1. The monoisotopic (exact) mass is 522 g/mol. The van der Waals surface area contributed by atoms with Crippen LogP contribution in [0, 0.1) is 22.7 Å². The first-order valence-electron chi connectivity index (χ1n) is 13.7. The third-order valence-electron chi connectivity index (χ3n) is 9.66. The van der Waals surface area contributed by atoms with Crippen molar-refractivity contribution in [3.05, 3.63) is 35.9 Å². The van der Waals surface area contributed by atoms with Crippen LogP contribution in [-0.4, -0.2) is 37.2 Å². The Kier molecular flexibility index (Phi) is 6.79. The Morgan fingerprint density at radius 1 is 0.947 bits per heavy atom. The van der Waals surface area contributed by atoms with Crippen LogP contribution in [0.3, 0.4) is 0 Å². The average Bonchev–Trinajstić information content (AvgIpc) is 3.63. The van der Waals surface area contributed by atoms with Crippen LogP contribution in [0.15, 0.2) is 30.3 Å². The highest BCUT2D eigenvalue weighted by molar-refractivity contribution is 5.96. The van der Waals surface area contributed by atoms with Crippen molar-refractivity contribution in [2.45, 2.75) is 78.2 Å². The predicted molar refractivity (Wildman–Crippen MR) is 142 cm³/mol. The molecule has 7 heteroatoms. The van der Waals surface area contributed by atoms with Crippen LogP contribution < -0.4 is 9.47 Å². The Labute approximate surface area is 224 Å². The molecule has 2 aromatic carbocycles. The lowest BCUT2D eigenvalue weighted by Gasteiger charge is -2.58. The summed E-state index contributed by atoms with van der Waals surface area (Å²) in [6.07, 6.45) is 6.67. The highest BCUT2D eigenvalue weighted by Crippen LogP contribution is 2.66. The van der Waals surface area contributed by atoms with Gasteiger partial charge in [0, 0.05) is 24.6 Å². The number of benzene rings is 2. The second kappa shape index (κ2) is 9.67. The molecule has 1 aliphatic heterocycles. The summed E-state index contributed by atoms with van der Waals surface area (Å²) in [6.45, 7) is 8.00. The van der Waals surface area contributed by atoms with E-state index in [9.17, 15) is 14.4 Å². The maximum Gasteiger partial charge on any atom is 0.311 e. The molecule has 38 heavy (non-hydrogen) atoms. The molecule has 0 amide bonds. The predicted octanol–water partition coefficient (Wildman–Crippen LogP) is 5.79. The summed E-state index contributed by atoms with van der Waals surface area (Å²) in [7, 11) is 1.50. The van der Waals surface area contributed by atoms with E-state index in [0.717, 1.165) is 67.9 Å². The fraction of sp³-hybridized carbons (Fsp3) is 0.581. The van der Waals surface area contributed by atoms with Crippen molar-refractivity contribution in [1.82, 2.24) is 0 Å². The van der Waals surface area contributed by atoms with E-state index in [-0.39, 0.29) is 22.9 Å². The zero-order valence-electron chi connectivity index (χ0n) is 23.1. The largest absolute Gasteiger partial charge is 0.469 e. The molecule has 5 rings (SSSR count). The van der Waals surface area contributed by atoms with E-state index in [0.29, 0.717) is 17.4 Å². The smallest absolute Gasteiger partial charge is 0.311 e. The minimum absolute atomic E-state index is 0.0157. The molecule has 5 atom stereocenters. The van der Waals surface area contributed by atoms with Crippen LogP contribution in [0.2, 0.25) is 0 Å². The minimum atomic E-state index is -0.467. The number of aryl methyl sites for hydroxylation is 1. The molecule has 2 aliphatic carbocycles. The number of rotatable bonds is 6. The van der Waals surface area contributed by atoms with Gasteiger partial charge in [-0.1, -0.05) is 25.5 Å². The van der Waals surface area contributed by atoms with Crippen molar-refractivity contribution in [1.29, 1.82) is 0 Å². The quantitative estimate of drug-likeness (QED) is 0.269. The highest BCUT2D eigenvalue weighted by atomic mass is 16.6. The molecule has 3 aliphatic rings. The Morgan fingerprint density at radius 3 is 2.21 bits per heavy atom. The summed E-state index contributed by atoms with van der Waals surface area (Å²) in [5, 5.41) is 1.45. The second-order valence-electron chi connectivity index (χ2n) is 11.9. The molecular formula is C31H38O7. The number of carbonyl (C=O) groups is 3.